The fourth-order valence-electron chi connectivity index (χ4n) is 3.77. The molecule has 1 fully saturated rings. The first-order chi connectivity index (χ1) is 15.9. The number of alkyl carbamates (subject to hydrolysis) is 1. The van der Waals surface area contributed by atoms with E-state index in [0.717, 1.165) is 5.56 Å². The Morgan fingerprint density at radius 1 is 1.15 bits per heavy atom. The summed E-state index contributed by atoms with van der Waals surface area (Å²) in [6.45, 7) is 9.21. The zero-order valence-electron chi connectivity index (χ0n) is 21.0. The van der Waals surface area contributed by atoms with Gasteiger partial charge in [0.25, 0.3) is 0 Å². The molecule has 1 aliphatic heterocycles. The van der Waals surface area contributed by atoms with Crippen LogP contribution in [0.15, 0.2) is 30.3 Å². The Kier molecular flexibility index (Phi) is 9.46. The summed E-state index contributed by atoms with van der Waals surface area (Å²) in [6, 6.07) is 7.72. The lowest BCUT2D eigenvalue weighted by molar-refractivity contribution is -0.159. The molecule has 1 aromatic carbocycles. The summed E-state index contributed by atoms with van der Waals surface area (Å²) in [4.78, 5) is 53.7. The highest BCUT2D eigenvalue weighted by Crippen LogP contribution is 2.22. The molecule has 0 unspecified atom stereocenters. The summed E-state index contributed by atoms with van der Waals surface area (Å²) in [5, 5.41) is 2.66. The number of hydrogen-bond acceptors (Lipinski definition) is 6. The average Bonchev–Trinajstić information content (AvgIpc) is 3.24. The van der Waals surface area contributed by atoms with Gasteiger partial charge in [0.15, 0.2) is 0 Å². The van der Waals surface area contributed by atoms with E-state index in [9.17, 15) is 19.2 Å². The topological polar surface area (TPSA) is 105 Å². The number of nitrogens with zero attached hydrogens (tertiary/aromatic N) is 2. The summed E-state index contributed by atoms with van der Waals surface area (Å²) in [5.74, 6) is -1.39. The van der Waals surface area contributed by atoms with Crippen LogP contribution in [0, 0.1) is 5.92 Å². The third-order valence-electron chi connectivity index (χ3n) is 5.40. The van der Waals surface area contributed by atoms with Gasteiger partial charge in [-0.15, -0.1) is 0 Å². The molecular formula is C25H37N3O6. The fraction of sp³-hybridized carbons (Fsp3) is 0.600. The molecule has 3 amide bonds. The van der Waals surface area contributed by atoms with Gasteiger partial charge >= 0.3 is 12.1 Å². The van der Waals surface area contributed by atoms with Gasteiger partial charge in [0.2, 0.25) is 11.8 Å². The number of amides is 3. The predicted octanol–water partition coefficient (Wildman–Crippen LogP) is 2.73. The van der Waals surface area contributed by atoms with Gasteiger partial charge < -0.3 is 24.6 Å². The number of likely N-dealkylation sites (N-methyl/N-ethyl adjacent to an activating group) is 1. The molecule has 1 N–H and O–H groups in total. The predicted molar refractivity (Wildman–Crippen MR) is 127 cm³/mol. The lowest BCUT2D eigenvalue weighted by Crippen LogP contribution is -2.55. The van der Waals surface area contributed by atoms with Crippen LogP contribution in [0.5, 0.6) is 0 Å². The van der Waals surface area contributed by atoms with Crippen LogP contribution >= 0.6 is 0 Å². The first-order valence-electron chi connectivity index (χ1n) is 11.6. The third kappa shape index (κ3) is 8.04. The minimum absolute atomic E-state index is 0.0893. The van der Waals surface area contributed by atoms with Crippen LogP contribution in [0.2, 0.25) is 0 Å². The number of hydrogen-bond donors (Lipinski definition) is 1. The van der Waals surface area contributed by atoms with Gasteiger partial charge in [0.05, 0.1) is 0 Å². The molecule has 0 spiro atoms. The number of carbonyl (C=O) groups is 4. The van der Waals surface area contributed by atoms with Crippen molar-refractivity contribution in [3.63, 3.8) is 0 Å². The summed E-state index contributed by atoms with van der Waals surface area (Å²) in [7, 11) is 1.52. The first kappa shape index (κ1) is 27.1. The van der Waals surface area contributed by atoms with Crippen molar-refractivity contribution in [2.75, 3.05) is 20.1 Å². The van der Waals surface area contributed by atoms with Crippen molar-refractivity contribution >= 4 is 23.9 Å². The molecule has 188 valence electrons. The molecule has 34 heavy (non-hydrogen) atoms. The monoisotopic (exact) mass is 475 g/mol. The van der Waals surface area contributed by atoms with Crippen molar-refractivity contribution in [3.05, 3.63) is 35.9 Å². The maximum absolute atomic E-state index is 13.3. The van der Waals surface area contributed by atoms with E-state index < -0.39 is 29.7 Å². The van der Waals surface area contributed by atoms with E-state index in [0.29, 0.717) is 19.4 Å². The fourth-order valence-corrected chi connectivity index (χ4v) is 3.77. The van der Waals surface area contributed by atoms with E-state index >= 15 is 0 Å². The molecule has 0 radical (unpaired) electrons. The average molecular weight is 476 g/mol. The van der Waals surface area contributed by atoms with E-state index in [-0.39, 0.29) is 30.9 Å². The van der Waals surface area contributed by atoms with Crippen LogP contribution in [0.1, 0.15) is 53.0 Å². The molecule has 2 atom stereocenters. The minimum Gasteiger partial charge on any atom is -0.459 e. The maximum atomic E-state index is 13.3. The van der Waals surface area contributed by atoms with Crippen LogP contribution in [-0.2, 0) is 30.5 Å². The first-order valence-corrected chi connectivity index (χ1v) is 11.6. The number of carbonyl (C=O) groups excluding carboxylic acids is 4. The van der Waals surface area contributed by atoms with Crippen molar-refractivity contribution in [1.82, 2.24) is 15.1 Å². The largest absolute Gasteiger partial charge is 0.459 e. The quantitative estimate of drug-likeness (QED) is 0.580. The van der Waals surface area contributed by atoms with Gasteiger partial charge in [-0.1, -0.05) is 44.2 Å². The lowest BCUT2D eigenvalue weighted by Gasteiger charge is -2.32. The van der Waals surface area contributed by atoms with E-state index in [1.165, 1.54) is 16.8 Å². The van der Waals surface area contributed by atoms with Crippen molar-refractivity contribution in [3.8, 4) is 0 Å². The van der Waals surface area contributed by atoms with Gasteiger partial charge in [0, 0.05) is 13.6 Å². The van der Waals surface area contributed by atoms with Gasteiger partial charge in [-0.25, -0.2) is 4.79 Å². The van der Waals surface area contributed by atoms with E-state index in [4.69, 9.17) is 9.47 Å². The Bertz CT molecular complexity index is 865. The molecule has 1 aromatic rings. The van der Waals surface area contributed by atoms with Crippen LogP contribution in [0.3, 0.4) is 0 Å². The van der Waals surface area contributed by atoms with E-state index in [1.807, 2.05) is 44.2 Å². The number of rotatable bonds is 8. The Morgan fingerprint density at radius 2 is 1.79 bits per heavy atom. The summed E-state index contributed by atoms with van der Waals surface area (Å²) < 4.78 is 10.6. The standard InChI is InChI=1S/C25H37N3O6/c1-17(2)21(26-24(32)33-16-18-11-8-7-9-12-18)23(31)28-14-10-13-19(28)22(30)27(6)15-20(29)34-25(3,4)5/h7-9,11-12,17,19,21H,10,13-16H2,1-6H3,(H,26,32)/t19-,21+/m0/s1. The normalized spacial score (nSPS) is 16.7. The summed E-state index contributed by atoms with van der Waals surface area (Å²) in [5.41, 5.74) is 0.185. The molecule has 0 aliphatic carbocycles. The molecule has 1 heterocycles. The van der Waals surface area contributed by atoms with E-state index in [1.54, 1.807) is 20.8 Å². The Hall–Kier alpha value is -3.10. The molecule has 1 saturated heterocycles. The molecule has 0 bridgehead atoms. The highest BCUT2D eigenvalue weighted by atomic mass is 16.6. The second-order valence-electron chi connectivity index (χ2n) is 9.90. The molecule has 0 saturated carbocycles. The van der Waals surface area contributed by atoms with Crippen LogP contribution in [-0.4, -0.2) is 71.5 Å². The van der Waals surface area contributed by atoms with Gasteiger partial charge in [0.1, 0.15) is 30.8 Å². The van der Waals surface area contributed by atoms with Crippen LogP contribution < -0.4 is 5.32 Å². The number of likely N-dealkylation sites (tertiary alicyclic amines) is 1. The minimum atomic E-state index is -0.840. The van der Waals surface area contributed by atoms with Crippen molar-refractivity contribution in [1.29, 1.82) is 0 Å². The zero-order chi connectivity index (χ0) is 25.5. The highest BCUT2D eigenvalue weighted by Gasteiger charge is 2.40. The Morgan fingerprint density at radius 3 is 2.38 bits per heavy atom. The van der Waals surface area contributed by atoms with Gasteiger partial charge in [-0.2, -0.15) is 0 Å². The third-order valence-corrected chi connectivity index (χ3v) is 5.40. The van der Waals surface area contributed by atoms with Crippen molar-refractivity contribution in [2.24, 2.45) is 5.92 Å². The SMILES string of the molecule is CC(C)[C@@H](NC(=O)OCc1ccccc1)C(=O)N1CCC[C@H]1C(=O)N(C)CC(=O)OC(C)(C)C. The number of nitrogens with one attached hydrogen (secondary N) is 1. The maximum Gasteiger partial charge on any atom is 0.408 e. The number of ether oxygens (including phenoxy) is 2. The second-order valence-corrected chi connectivity index (χ2v) is 9.90. The Labute approximate surface area is 201 Å². The van der Waals surface area contributed by atoms with Crippen LogP contribution in [0.4, 0.5) is 4.79 Å². The smallest absolute Gasteiger partial charge is 0.408 e. The highest BCUT2D eigenvalue weighted by molar-refractivity contribution is 5.93. The molecular weight excluding hydrogens is 438 g/mol. The molecule has 2 rings (SSSR count). The number of benzene rings is 1. The summed E-state index contributed by atoms with van der Waals surface area (Å²) in [6.07, 6.45) is 0.457. The number of esters is 1. The van der Waals surface area contributed by atoms with E-state index in [2.05, 4.69) is 5.32 Å². The second kappa shape index (κ2) is 11.9. The van der Waals surface area contributed by atoms with Crippen molar-refractivity contribution in [2.45, 2.75) is 71.8 Å². The van der Waals surface area contributed by atoms with Gasteiger partial charge in [-0.3, -0.25) is 14.4 Å². The molecule has 9 nitrogen and oxygen atoms in total. The molecule has 0 aromatic heterocycles. The zero-order valence-corrected chi connectivity index (χ0v) is 21.0. The molecule has 1 aliphatic rings. The Balaban J connectivity index is 2.00. The lowest BCUT2D eigenvalue weighted by atomic mass is 10.0. The van der Waals surface area contributed by atoms with Gasteiger partial charge in [-0.05, 0) is 45.1 Å². The molecule has 9 heteroatoms. The summed E-state index contributed by atoms with van der Waals surface area (Å²) >= 11 is 0. The van der Waals surface area contributed by atoms with Crippen molar-refractivity contribution < 1.29 is 28.7 Å². The van der Waals surface area contributed by atoms with Crippen LogP contribution in [0.25, 0.3) is 0 Å².